The molecule has 0 aliphatic heterocycles. The maximum atomic E-state index is 12.6. The van der Waals surface area contributed by atoms with E-state index in [1.807, 2.05) is 44.2 Å². The average Bonchev–Trinajstić information content (AvgIpc) is 3.10. The van der Waals surface area contributed by atoms with E-state index in [0.717, 1.165) is 22.6 Å². The van der Waals surface area contributed by atoms with Gasteiger partial charge in [0.15, 0.2) is 0 Å². The van der Waals surface area contributed by atoms with E-state index in [1.54, 1.807) is 23.5 Å². The van der Waals surface area contributed by atoms with Crippen LogP contribution in [0, 0.1) is 0 Å². The number of para-hydroxylation sites is 1. The van der Waals surface area contributed by atoms with Crippen LogP contribution in [0.5, 0.6) is 0 Å². The van der Waals surface area contributed by atoms with E-state index < -0.39 is 10.0 Å². The van der Waals surface area contributed by atoms with Gasteiger partial charge in [-0.25, -0.2) is 13.4 Å². The molecule has 0 saturated carbocycles. The van der Waals surface area contributed by atoms with E-state index in [4.69, 9.17) is 0 Å². The standard InChI is InChI=1S/C20H25N3O2S2/c1-4-23(5-2)27(24,25)17-12-10-16(11-13-17)15(3)21-14-20-22-18-8-6-7-9-19(18)26-20/h6-13,15,21H,4-5,14H2,1-3H3/p+1/t15-/m0/s1. The molecule has 3 aromatic rings. The minimum Gasteiger partial charge on any atom is -0.335 e. The fourth-order valence-electron chi connectivity index (χ4n) is 3.08. The molecule has 27 heavy (non-hydrogen) atoms. The largest absolute Gasteiger partial charge is 0.335 e. The molecule has 2 N–H and O–H groups in total. The second kappa shape index (κ2) is 8.48. The Balaban J connectivity index is 1.67. The van der Waals surface area contributed by atoms with Crippen molar-refractivity contribution in [3.8, 4) is 0 Å². The van der Waals surface area contributed by atoms with Gasteiger partial charge in [0.1, 0.15) is 17.6 Å². The summed E-state index contributed by atoms with van der Waals surface area (Å²) in [5.41, 5.74) is 2.15. The number of aromatic nitrogens is 1. The van der Waals surface area contributed by atoms with E-state index in [-0.39, 0.29) is 6.04 Å². The monoisotopic (exact) mass is 404 g/mol. The molecule has 0 spiro atoms. The summed E-state index contributed by atoms with van der Waals surface area (Å²) in [7, 11) is -3.40. The first-order valence-electron chi connectivity index (χ1n) is 9.23. The van der Waals surface area contributed by atoms with E-state index in [1.165, 1.54) is 9.01 Å². The van der Waals surface area contributed by atoms with Gasteiger partial charge >= 0.3 is 0 Å². The molecule has 144 valence electrons. The third kappa shape index (κ3) is 4.38. The van der Waals surface area contributed by atoms with Crippen molar-refractivity contribution in [3.63, 3.8) is 0 Å². The third-order valence-corrected chi connectivity index (χ3v) is 7.86. The van der Waals surface area contributed by atoms with Gasteiger partial charge in [0.2, 0.25) is 10.0 Å². The van der Waals surface area contributed by atoms with E-state index in [9.17, 15) is 8.42 Å². The summed E-state index contributed by atoms with van der Waals surface area (Å²) < 4.78 is 27.9. The van der Waals surface area contributed by atoms with E-state index in [2.05, 4.69) is 23.3 Å². The molecule has 3 rings (SSSR count). The SMILES string of the molecule is CCN(CC)S(=O)(=O)c1ccc([C@H](C)[NH2+]Cc2nc3ccccc3s2)cc1. The van der Waals surface area contributed by atoms with Gasteiger partial charge in [-0.2, -0.15) is 4.31 Å². The first kappa shape index (κ1) is 19.9. The first-order chi connectivity index (χ1) is 13.0. The molecular weight excluding hydrogens is 378 g/mol. The number of sulfonamides is 1. The molecule has 0 unspecified atom stereocenters. The van der Waals surface area contributed by atoms with Gasteiger partial charge in [-0.05, 0) is 31.2 Å². The second-order valence-electron chi connectivity index (χ2n) is 6.46. The van der Waals surface area contributed by atoms with Gasteiger partial charge < -0.3 is 5.32 Å². The molecule has 0 saturated heterocycles. The van der Waals surface area contributed by atoms with Crippen molar-refractivity contribution in [1.82, 2.24) is 9.29 Å². The smallest absolute Gasteiger partial charge is 0.243 e. The number of nitrogens with zero attached hydrogens (tertiary/aromatic N) is 2. The zero-order valence-electron chi connectivity index (χ0n) is 15.9. The summed E-state index contributed by atoms with van der Waals surface area (Å²) in [5.74, 6) is 0. The molecule has 0 bridgehead atoms. The van der Waals surface area contributed by atoms with Crippen LogP contribution in [0.1, 0.15) is 37.4 Å². The number of nitrogens with two attached hydrogens (primary N) is 1. The lowest BCUT2D eigenvalue weighted by atomic mass is 10.1. The number of benzene rings is 2. The first-order valence-corrected chi connectivity index (χ1v) is 11.5. The molecule has 0 fully saturated rings. The Morgan fingerprint density at radius 2 is 1.74 bits per heavy atom. The van der Waals surface area contributed by atoms with Gasteiger partial charge in [0, 0.05) is 18.7 Å². The lowest BCUT2D eigenvalue weighted by Crippen LogP contribution is -2.83. The number of hydrogen-bond donors (Lipinski definition) is 1. The zero-order valence-corrected chi connectivity index (χ0v) is 17.6. The summed E-state index contributed by atoms with van der Waals surface area (Å²) in [6.07, 6.45) is 0. The molecule has 2 aromatic carbocycles. The lowest BCUT2D eigenvalue weighted by molar-refractivity contribution is -0.707. The second-order valence-corrected chi connectivity index (χ2v) is 9.52. The Morgan fingerprint density at radius 1 is 1.07 bits per heavy atom. The molecule has 7 heteroatoms. The van der Waals surface area contributed by atoms with Gasteiger partial charge in [-0.3, -0.25) is 0 Å². The predicted molar refractivity (Wildman–Crippen MR) is 110 cm³/mol. The van der Waals surface area contributed by atoms with Crippen molar-refractivity contribution in [2.45, 2.75) is 38.3 Å². The van der Waals surface area contributed by atoms with E-state index >= 15 is 0 Å². The molecule has 0 aliphatic rings. The molecule has 0 amide bonds. The number of rotatable bonds is 8. The van der Waals surface area contributed by atoms with Crippen LogP contribution in [-0.4, -0.2) is 30.8 Å². The van der Waals surface area contributed by atoms with Crippen LogP contribution >= 0.6 is 11.3 Å². The highest BCUT2D eigenvalue weighted by Crippen LogP contribution is 2.21. The molecule has 0 radical (unpaired) electrons. The maximum Gasteiger partial charge on any atom is 0.243 e. The van der Waals surface area contributed by atoms with Gasteiger partial charge in [0.25, 0.3) is 0 Å². The summed E-state index contributed by atoms with van der Waals surface area (Å²) in [4.78, 5) is 5.02. The molecule has 1 heterocycles. The zero-order chi connectivity index (χ0) is 19.4. The predicted octanol–water partition coefficient (Wildman–Crippen LogP) is 3.15. The van der Waals surface area contributed by atoms with Crippen LogP contribution in [0.3, 0.4) is 0 Å². The average molecular weight is 405 g/mol. The quantitative estimate of drug-likeness (QED) is 0.627. The van der Waals surface area contributed by atoms with Crippen molar-refractivity contribution in [1.29, 1.82) is 0 Å². The lowest BCUT2D eigenvalue weighted by Gasteiger charge is -2.19. The Hall–Kier alpha value is -1.80. The number of hydrogen-bond acceptors (Lipinski definition) is 4. The van der Waals surface area contributed by atoms with Crippen molar-refractivity contribution in [2.75, 3.05) is 13.1 Å². The van der Waals surface area contributed by atoms with Crippen LogP contribution in [0.25, 0.3) is 10.2 Å². The third-order valence-electron chi connectivity index (χ3n) is 4.73. The number of fused-ring (bicyclic) bond motifs is 1. The minimum atomic E-state index is -3.40. The summed E-state index contributed by atoms with van der Waals surface area (Å²) in [5, 5.41) is 3.33. The van der Waals surface area contributed by atoms with Gasteiger partial charge in [-0.1, -0.05) is 38.1 Å². The summed E-state index contributed by atoms with van der Waals surface area (Å²) in [6, 6.07) is 15.6. The minimum absolute atomic E-state index is 0.224. The molecule has 0 aliphatic carbocycles. The van der Waals surface area contributed by atoms with Crippen LogP contribution in [0.15, 0.2) is 53.4 Å². The maximum absolute atomic E-state index is 12.6. The van der Waals surface area contributed by atoms with Crippen molar-refractivity contribution < 1.29 is 13.7 Å². The topological polar surface area (TPSA) is 66.9 Å². The highest BCUT2D eigenvalue weighted by atomic mass is 32.2. The van der Waals surface area contributed by atoms with Crippen molar-refractivity contribution >= 4 is 31.6 Å². The van der Waals surface area contributed by atoms with Crippen LogP contribution in [0.4, 0.5) is 0 Å². The number of thiazole rings is 1. The Labute approximate surface area is 165 Å². The molecular formula is C20H26N3O2S2+. The molecule has 1 atom stereocenters. The summed E-state index contributed by atoms with van der Waals surface area (Å²) >= 11 is 1.72. The number of quaternary nitrogens is 1. The Bertz CT molecular complexity index is 960. The normalized spacial score (nSPS) is 13.3. The fourth-order valence-corrected chi connectivity index (χ4v) is 5.48. The van der Waals surface area contributed by atoms with Gasteiger partial charge in [0.05, 0.1) is 15.1 Å². The van der Waals surface area contributed by atoms with Crippen LogP contribution in [0.2, 0.25) is 0 Å². The molecule has 1 aromatic heterocycles. The highest BCUT2D eigenvalue weighted by molar-refractivity contribution is 7.89. The van der Waals surface area contributed by atoms with Crippen LogP contribution in [-0.2, 0) is 16.6 Å². The van der Waals surface area contributed by atoms with E-state index in [0.29, 0.717) is 18.0 Å². The fraction of sp³-hybridized carbons (Fsp3) is 0.350. The Kier molecular flexibility index (Phi) is 6.26. The summed E-state index contributed by atoms with van der Waals surface area (Å²) in [6.45, 7) is 7.60. The van der Waals surface area contributed by atoms with Gasteiger partial charge in [-0.15, -0.1) is 11.3 Å². The van der Waals surface area contributed by atoms with Crippen LogP contribution < -0.4 is 5.32 Å². The highest BCUT2D eigenvalue weighted by Gasteiger charge is 2.22. The Morgan fingerprint density at radius 3 is 2.37 bits per heavy atom. The van der Waals surface area contributed by atoms with Crippen molar-refractivity contribution in [3.05, 3.63) is 59.1 Å². The van der Waals surface area contributed by atoms with Crippen molar-refractivity contribution in [2.24, 2.45) is 0 Å². The molecule has 5 nitrogen and oxygen atoms in total.